The number of hydrogen-bond donors (Lipinski definition) is 0. The Bertz CT molecular complexity index is 1870. The van der Waals surface area contributed by atoms with Crippen molar-refractivity contribution in [1.29, 1.82) is 0 Å². The van der Waals surface area contributed by atoms with Gasteiger partial charge in [-0.2, -0.15) is 0 Å². The molecule has 0 saturated carbocycles. The standard InChI is InChI=1S/C54H82BN2O/c1-20-22-42-31-36-56(46(30-35-53(14,15)16)40(3)28-33-51(8,9)10)44(26-25-41(4)54(17,18)19)38-55-49-48(45-37-39(2)24-27-47(45)58-49)57(42)43(29-34-52(11,12)13)23-21-32-50(5,6)7/h20-21,23-24,27-31,33,35-38,40,42,46H,1,4,22,25-26,32,34H2,2-3,5-19H3/b23-21-,33-28+,35-30+,36-31+,43-29+,44-38-. The summed E-state index contributed by atoms with van der Waals surface area (Å²) >= 11 is 0. The second-order valence-electron chi connectivity index (χ2n) is 22.6. The Hall–Kier alpha value is -3.66. The Morgan fingerprint density at radius 2 is 1.50 bits per heavy atom. The van der Waals surface area contributed by atoms with Gasteiger partial charge in [0.2, 0.25) is 7.28 Å². The molecule has 1 aromatic heterocycles. The lowest BCUT2D eigenvalue weighted by molar-refractivity contribution is 0.321. The monoisotopic (exact) mass is 786 g/mol. The first-order valence-corrected chi connectivity index (χ1v) is 22.0. The average molecular weight is 786 g/mol. The van der Waals surface area contributed by atoms with Crippen LogP contribution in [0.25, 0.3) is 11.0 Å². The normalized spacial score (nSPS) is 19.4. The molecule has 1 aliphatic rings. The zero-order chi connectivity index (χ0) is 43.9. The van der Waals surface area contributed by atoms with Gasteiger partial charge in [0, 0.05) is 23.0 Å². The average Bonchev–Trinajstić information content (AvgIpc) is 3.42. The van der Waals surface area contributed by atoms with Crippen LogP contribution >= 0.6 is 0 Å². The van der Waals surface area contributed by atoms with Crippen molar-refractivity contribution in [2.45, 2.75) is 162 Å². The highest BCUT2D eigenvalue weighted by Crippen LogP contribution is 2.37. The largest absolute Gasteiger partial charge is 0.469 e. The van der Waals surface area contributed by atoms with E-state index in [-0.39, 0.29) is 45.1 Å². The van der Waals surface area contributed by atoms with E-state index in [0.717, 1.165) is 54.4 Å². The summed E-state index contributed by atoms with van der Waals surface area (Å²) < 4.78 is 6.92. The van der Waals surface area contributed by atoms with Gasteiger partial charge >= 0.3 is 0 Å². The summed E-state index contributed by atoms with van der Waals surface area (Å²) in [6, 6.07) is 6.60. The van der Waals surface area contributed by atoms with Crippen LogP contribution in [0.1, 0.15) is 148 Å². The van der Waals surface area contributed by atoms with E-state index in [1.165, 1.54) is 22.5 Å². The molecule has 3 atom stereocenters. The van der Waals surface area contributed by atoms with Crippen LogP contribution in [0, 0.1) is 39.9 Å². The van der Waals surface area contributed by atoms with Gasteiger partial charge in [-0.05, 0) is 96.3 Å². The summed E-state index contributed by atoms with van der Waals surface area (Å²) in [4.78, 5) is 5.09. The Morgan fingerprint density at radius 3 is 2.07 bits per heavy atom. The summed E-state index contributed by atoms with van der Waals surface area (Å²) in [5, 5.41) is 1.13. The van der Waals surface area contributed by atoms with Crippen LogP contribution in [0.15, 0.2) is 120 Å². The van der Waals surface area contributed by atoms with Crippen LogP contribution in [0.5, 0.6) is 0 Å². The zero-order valence-corrected chi connectivity index (χ0v) is 40.1. The fraction of sp³-hybridized carbons (Fsp3) is 0.556. The molecule has 0 N–H and O–H groups in total. The minimum Gasteiger partial charge on any atom is -0.469 e. The van der Waals surface area contributed by atoms with Crippen molar-refractivity contribution in [3.05, 3.63) is 121 Å². The maximum Gasteiger partial charge on any atom is 0.236 e. The van der Waals surface area contributed by atoms with Crippen molar-refractivity contribution in [2.24, 2.45) is 33.0 Å². The van der Waals surface area contributed by atoms with E-state index in [9.17, 15) is 0 Å². The van der Waals surface area contributed by atoms with E-state index in [1.54, 1.807) is 0 Å². The molecule has 2 heterocycles. The van der Waals surface area contributed by atoms with E-state index < -0.39 is 0 Å². The summed E-state index contributed by atoms with van der Waals surface area (Å²) in [7, 11) is 2.24. The van der Waals surface area contributed by atoms with Gasteiger partial charge in [-0.1, -0.05) is 183 Å². The Balaban J connectivity index is 2.51. The van der Waals surface area contributed by atoms with Gasteiger partial charge in [-0.15, -0.1) is 6.58 Å². The third kappa shape index (κ3) is 15.5. The first kappa shape index (κ1) is 48.7. The first-order valence-electron chi connectivity index (χ1n) is 22.0. The Morgan fingerprint density at radius 1 is 0.879 bits per heavy atom. The molecule has 4 heteroatoms. The molecule has 2 aromatic rings. The van der Waals surface area contributed by atoms with E-state index in [0.29, 0.717) is 0 Å². The van der Waals surface area contributed by atoms with Crippen LogP contribution < -0.4 is 10.6 Å². The first-order chi connectivity index (χ1) is 26.6. The van der Waals surface area contributed by atoms with Gasteiger partial charge in [-0.3, -0.25) is 0 Å². The SMILES string of the molecule is C=CCC1/C=C/N(C(/C=C/C(C)(C)C)C(C)/C=C/C(C)(C)C)/C(CCC(=C)C(C)(C)C)=C\[B]c2oc3ccc(C)cc3c2N1C(/C=C\CC(C)(C)C)=C/CC(C)(C)C. The molecule has 317 valence electrons. The fourth-order valence-electron chi connectivity index (χ4n) is 6.86. The fourth-order valence-corrected chi connectivity index (χ4v) is 6.86. The quantitative estimate of drug-likeness (QED) is 0.115. The van der Waals surface area contributed by atoms with Crippen LogP contribution in [-0.4, -0.2) is 24.3 Å². The van der Waals surface area contributed by atoms with Crippen molar-refractivity contribution >= 4 is 29.6 Å². The lowest BCUT2D eigenvalue weighted by Gasteiger charge is -2.38. The number of nitrogens with zero attached hydrogens (tertiary/aromatic N) is 2. The van der Waals surface area contributed by atoms with E-state index in [4.69, 9.17) is 4.42 Å². The molecule has 1 aromatic carbocycles. The number of rotatable bonds is 13. The van der Waals surface area contributed by atoms with Crippen molar-refractivity contribution in [2.75, 3.05) is 4.90 Å². The molecule has 0 fully saturated rings. The molecule has 0 amide bonds. The lowest BCUT2D eigenvalue weighted by atomic mass is 9.72. The molecule has 58 heavy (non-hydrogen) atoms. The Labute approximate surface area is 358 Å². The van der Waals surface area contributed by atoms with Gasteiger partial charge < -0.3 is 14.2 Å². The molecule has 3 rings (SSSR count). The van der Waals surface area contributed by atoms with Crippen LogP contribution in [-0.2, 0) is 0 Å². The third-order valence-electron chi connectivity index (χ3n) is 10.6. The Kier molecular flexibility index (Phi) is 16.5. The number of aryl methyl sites for hydroxylation is 1. The van der Waals surface area contributed by atoms with Gasteiger partial charge in [0.25, 0.3) is 0 Å². The molecular formula is C54H82BN2O. The number of allylic oxidation sites excluding steroid dienone is 7. The van der Waals surface area contributed by atoms with Gasteiger partial charge in [0.1, 0.15) is 5.58 Å². The minimum atomic E-state index is -0.0458. The molecule has 3 unspecified atom stereocenters. The highest BCUT2D eigenvalue weighted by Gasteiger charge is 2.31. The maximum atomic E-state index is 6.92. The molecule has 1 radical (unpaired) electrons. The van der Waals surface area contributed by atoms with Crippen LogP contribution in [0.3, 0.4) is 0 Å². The summed E-state index contributed by atoms with van der Waals surface area (Å²) in [6.45, 7) is 47.8. The second kappa shape index (κ2) is 19.6. The molecule has 0 saturated heterocycles. The number of hydrogen-bond acceptors (Lipinski definition) is 3. The molecule has 0 spiro atoms. The summed E-state index contributed by atoms with van der Waals surface area (Å²) in [6.07, 6.45) is 28.1. The number of fused-ring (bicyclic) bond motifs is 3. The second-order valence-corrected chi connectivity index (χ2v) is 22.6. The van der Waals surface area contributed by atoms with E-state index in [2.05, 4.69) is 233 Å². The zero-order valence-electron chi connectivity index (χ0n) is 40.1. The molecular weight excluding hydrogens is 703 g/mol. The summed E-state index contributed by atoms with van der Waals surface area (Å²) in [5.74, 6) is 2.55. The summed E-state index contributed by atoms with van der Waals surface area (Å²) in [5.41, 5.74) is 8.15. The van der Waals surface area contributed by atoms with Crippen molar-refractivity contribution in [3.63, 3.8) is 0 Å². The molecule has 0 bridgehead atoms. The highest BCUT2D eigenvalue weighted by molar-refractivity contribution is 6.60. The van der Waals surface area contributed by atoms with Crippen LogP contribution in [0.4, 0.5) is 5.69 Å². The molecule has 3 nitrogen and oxygen atoms in total. The molecule has 0 aliphatic carbocycles. The lowest BCUT2D eigenvalue weighted by Crippen LogP contribution is -2.39. The maximum absolute atomic E-state index is 6.92. The third-order valence-corrected chi connectivity index (χ3v) is 10.6. The van der Waals surface area contributed by atoms with Crippen LogP contribution in [0.2, 0.25) is 0 Å². The van der Waals surface area contributed by atoms with E-state index >= 15 is 0 Å². The van der Waals surface area contributed by atoms with Gasteiger partial charge in [-0.25, -0.2) is 0 Å². The van der Waals surface area contributed by atoms with Gasteiger partial charge in [0.15, 0.2) is 0 Å². The molecule has 1 aliphatic heterocycles. The smallest absolute Gasteiger partial charge is 0.236 e. The van der Waals surface area contributed by atoms with Crippen molar-refractivity contribution in [1.82, 2.24) is 4.90 Å². The number of benzene rings is 1. The predicted molar refractivity (Wildman–Crippen MR) is 260 cm³/mol. The number of furan rings is 1. The van der Waals surface area contributed by atoms with Crippen molar-refractivity contribution < 1.29 is 4.42 Å². The number of anilines is 1. The highest BCUT2D eigenvalue weighted by atomic mass is 16.3. The topological polar surface area (TPSA) is 19.6 Å². The minimum absolute atomic E-state index is 0.0187. The predicted octanol–water partition coefficient (Wildman–Crippen LogP) is 15.4. The van der Waals surface area contributed by atoms with Crippen molar-refractivity contribution in [3.8, 4) is 0 Å². The van der Waals surface area contributed by atoms with Gasteiger partial charge in [0.05, 0.1) is 23.4 Å². The van der Waals surface area contributed by atoms with E-state index in [1.807, 2.05) is 0 Å².